The summed E-state index contributed by atoms with van der Waals surface area (Å²) >= 11 is 0. The lowest BCUT2D eigenvalue weighted by Gasteiger charge is -2.22. The van der Waals surface area contributed by atoms with Gasteiger partial charge in [-0.3, -0.25) is 4.68 Å². The molecule has 1 atom stereocenters. The minimum absolute atomic E-state index is 0.112. The molecule has 18 heavy (non-hydrogen) atoms. The van der Waals surface area contributed by atoms with E-state index in [2.05, 4.69) is 10.00 Å². The summed E-state index contributed by atoms with van der Waals surface area (Å²) in [6.45, 7) is 2.06. The van der Waals surface area contributed by atoms with Gasteiger partial charge < -0.3 is 10.6 Å². The van der Waals surface area contributed by atoms with Gasteiger partial charge in [-0.25, -0.2) is 8.42 Å². The molecule has 2 rings (SSSR count). The van der Waals surface area contributed by atoms with E-state index in [4.69, 9.17) is 5.73 Å². The van der Waals surface area contributed by atoms with Crippen molar-refractivity contribution in [3.8, 4) is 0 Å². The van der Waals surface area contributed by atoms with Gasteiger partial charge in [0.1, 0.15) is 0 Å². The van der Waals surface area contributed by atoms with E-state index in [-0.39, 0.29) is 11.8 Å². The number of nitrogens with two attached hydrogens (primary N) is 1. The molecule has 7 heteroatoms. The molecule has 0 aliphatic carbocycles. The second kappa shape index (κ2) is 5.38. The van der Waals surface area contributed by atoms with Crippen molar-refractivity contribution >= 4 is 9.84 Å². The molecule has 1 saturated heterocycles. The molecule has 1 aromatic rings. The van der Waals surface area contributed by atoms with Crippen LogP contribution in [0.5, 0.6) is 0 Å². The molecule has 1 aliphatic heterocycles. The fraction of sp³-hybridized carbons (Fsp3) is 0.727. The molecule has 1 fully saturated rings. The van der Waals surface area contributed by atoms with Crippen LogP contribution in [-0.2, 0) is 16.9 Å². The van der Waals surface area contributed by atoms with E-state index in [0.29, 0.717) is 25.3 Å². The van der Waals surface area contributed by atoms with E-state index in [1.54, 1.807) is 10.9 Å². The standard InChI is InChI=1S/C11H20N4O2S/c1-14-8-10(7-13-14)11(12)9-15-3-2-5-18(16,17)6-4-15/h7-8,11H,2-6,9,12H2,1H3. The predicted octanol–water partition coefficient (Wildman–Crippen LogP) is -0.460. The van der Waals surface area contributed by atoms with Crippen molar-refractivity contribution in [2.45, 2.75) is 12.5 Å². The number of hydrogen-bond acceptors (Lipinski definition) is 5. The highest BCUT2D eigenvalue weighted by Crippen LogP contribution is 2.12. The van der Waals surface area contributed by atoms with Crippen LogP contribution in [0.1, 0.15) is 18.0 Å². The van der Waals surface area contributed by atoms with Gasteiger partial charge in [0.15, 0.2) is 9.84 Å². The van der Waals surface area contributed by atoms with Gasteiger partial charge in [-0.1, -0.05) is 0 Å². The zero-order valence-corrected chi connectivity index (χ0v) is 11.4. The van der Waals surface area contributed by atoms with Crippen LogP contribution in [-0.4, -0.2) is 54.2 Å². The van der Waals surface area contributed by atoms with Crippen LogP contribution in [0.15, 0.2) is 12.4 Å². The number of sulfone groups is 1. The van der Waals surface area contributed by atoms with Gasteiger partial charge in [0, 0.05) is 37.9 Å². The number of aryl methyl sites for hydroxylation is 1. The van der Waals surface area contributed by atoms with Crippen LogP contribution in [0.2, 0.25) is 0 Å². The molecular weight excluding hydrogens is 252 g/mol. The van der Waals surface area contributed by atoms with Crippen molar-refractivity contribution in [2.75, 3.05) is 31.1 Å². The molecule has 1 aromatic heterocycles. The average molecular weight is 272 g/mol. The molecule has 0 aromatic carbocycles. The quantitative estimate of drug-likeness (QED) is 0.805. The topological polar surface area (TPSA) is 81.2 Å². The van der Waals surface area contributed by atoms with Crippen LogP contribution < -0.4 is 5.73 Å². The molecule has 0 amide bonds. The number of rotatable bonds is 3. The lowest BCUT2D eigenvalue weighted by atomic mass is 10.1. The minimum atomic E-state index is -2.85. The third-order valence-corrected chi connectivity index (χ3v) is 4.97. The van der Waals surface area contributed by atoms with Crippen LogP contribution in [0.3, 0.4) is 0 Å². The first kappa shape index (κ1) is 13.5. The molecule has 0 bridgehead atoms. The summed E-state index contributed by atoms with van der Waals surface area (Å²) in [6, 6.07) is -0.112. The summed E-state index contributed by atoms with van der Waals surface area (Å²) < 4.78 is 24.7. The van der Waals surface area contributed by atoms with Gasteiger partial charge in [-0.05, 0) is 13.0 Å². The number of aromatic nitrogens is 2. The van der Waals surface area contributed by atoms with Crippen molar-refractivity contribution in [1.29, 1.82) is 0 Å². The third kappa shape index (κ3) is 3.54. The van der Waals surface area contributed by atoms with Crippen LogP contribution in [0.4, 0.5) is 0 Å². The molecule has 1 aliphatic rings. The fourth-order valence-corrected chi connectivity index (χ4v) is 3.50. The van der Waals surface area contributed by atoms with Gasteiger partial charge in [-0.2, -0.15) is 5.10 Å². The second-order valence-electron chi connectivity index (χ2n) is 4.86. The monoisotopic (exact) mass is 272 g/mol. The maximum atomic E-state index is 11.5. The molecule has 0 saturated carbocycles. The Kier molecular flexibility index (Phi) is 4.04. The molecule has 0 spiro atoms. The van der Waals surface area contributed by atoms with Crippen molar-refractivity contribution in [3.63, 3.8) is 0 Å². The molecule has 1 unspecified atom stereocenters. The summed E-state index contributed by atoms with van der Waals surface area (Å²) in [5.74, 6) is 0.540. The average Bonchev–Trinajstić information content (AvgIpc) is 2.65. The Labute approximate surface area is 108 Å². The molecular formula is C11H20N4O2S. The SMILES string of the molecule is Cn1cc(C(N)CN2CCCS(=O)(=O)CC2)cn1. The Balaban J connectivity index is 1.93. The maximum absolute atomic E-state index is 11.5. The number of hydrogen-bond donors (Lipinski definition) is 1. The Morgan fingerprint density at radius 3 is 2.89 bits per heavy atom. The molecule has 6 nitrogen and oxygen atoms in total. The zero-order valence-electron chi connectivity index (χ0n) is 10.6. The fourth-order valence-electron chi connectivity index (χ4n) is 2.19. The van der Waals surface area contributed by atoms with Crippen molar-refractivity contribution in [3.05, 3.63) is 18.0 Å². The highest BCUT2D eigenvalue weighted by Gasteiger charge is 2.21. The molecule has 2 N–H and O–H groups in total. The lowest BCUT2D eigenvalue weighted by Crippen LogP contribution is -2.34. The van der Waals surface area contributed by atoms with Gasteiger partial charge in [0.25, 0.3) is 0 Å². The van der Waals surface area contributed by atoms with Crippen LogP contribution in [0, 0.1) is 0 Å². The highest BCUT2D eigenvalue weighted by atomic mass is 32.2. The summed E-state index contributed by atoms with van der Waals surface area (Å²) in [7, 11) is -0.992. The minimum Gasteiger partial charge on any atom is -0.323 e. The summed E-state index contributed by atoms with van der Waals surface area (Å²) in [5, 5.41) is 4.09. The van der Waals surface area contributed by atoms with E-state index in [9.17, 15) is 8.42 Å². The van der Waals surface area contributed by atoms with Crippen LogP contribution >= 0.6 is 0 Å². The van der Waals surface area contributed by atoms with Crippen molar-refractivity contribution < 1.29 is 8.42 Å². The number of nitrogens with zero attached hydrogens (tertiary/aromatic N) is 3. The van der Waals surface area contributed by atoms with Crippen molar-refractivity contribution in [2.24, 2.45) is 12.8 Å². The van der Waals surface area contributed by atoms with Gasteiger partial charge in [0.05, 0.1) is 17.7 Å². The normalized spacial score (nSPS) is 22.6. The van der Waals surface area contributed by atoms with E-state index in [1.165, 1.54) is 0 Å². The lowest BCUT2D eigenvalue weighted by molar-refractivity contribution is 0.277. The zero-order chi connectivity index (χ0) is 13.2. The Bertz CT molecular complexity index is 497. The highest BCUT2D eigenvalue weighted by molar-refractivity contribution is 7.91. The van der Waals surface area contributed by atoms with Gasteiger partial charge in [-0.15, -0.1) is 0 Å². The first-order valence-electron chi connectivity index (χ1n) is 6.13. The van der Waals surface area contributed by atoms with Gasteiger partial charge in [0.2, 0.25) is 0 Å². The van der Waals surface area contributed by atoms with Gasteiger partial charge >= 0.3 is 0 Å². The Morgan fingerprint density at radius 2 is 2.22 bits per heavy atom. The smallest absolute Gasteiger partial charge is 0.151 e. The first-order chi connectivity index (χ1) is 8.46. The summed E-state index contributed by atoms with van der Waals surface area (Å²) in [6.07, 6.45) is 4.36. The van der Waals surface area contributed by atoms with Crippen molar-refractivity contribution in [1.82, 2.24) is 14.7 Å². The predicted molar refractivity (Wildman–Crippen MR) is 69.8 cm³/mol. The molecule has 2 heterocycles. The Morgan fingerprint density at radius 1 is 1.44 bits per heavy atom. The second-order valence-corrected chi connectivity index (χ2v) is 7.16. The van der Waals surface area contributed by atoms with E-state index >= 15 is 0 Å². The summed E-state index contributed by atoms with van der Waals surface area (Å²) in [5.41, 5.74) is 7.10. The molecule has 102 valence electrons. The first-order valence-corrected chi connectivity index (χ1v) is 7.95. The summed E-state index contributed by atoms with van der Waals surface area (Å²) in [4.78, 5) is 2.13. The van der Waals surface area contributed by atoms with Crippen LogP contribution in [0.25, 0.3) is 0 Å². The van der Waals surface area contributed by atoms with E-state index in [1.807, 2.05) is 13.2 Å². The Hall–Kier alpha value is -0.920. The third-order valence-electron chi connectivity index (χ3n) is 3.26. The van der Waals surface area contributed by atoms with E-state index < -0.39 is 9.84 Å². The maximum Gasteiger partial charge on any atom is 0.151 e. The van der Waals surface area contributed by atoms with E-state index in [0.717, 1.165) is 12.1 Å². The molecule has 0 radical (unpaired) electrons. The largest absolute Gasteiger partial charge is 0.323 e.